The number of aliphatic imine (C=N–C) groups is 1. The first-order valence-corrected chi connectivity index (χ1v) is 6.27. The summed E-state index contributed by atoms with van der Waals surface area (Å²) in [5.74, 6) is 0.488. The Bertz CT molecular complexity index is 520. The van der Waals surface area contributed by atoms with Crippen LogP contribution in [0.15, 0.2) is 41.9 Å². The molecule has 0 bridgehead atoms. The maximum atomic E-state index is 5.73. The predicted octanol–water partition coefficient (Wildman–Crippen LogP) is 1.70. The van der Waals surface area contributed by atoms with Gasteiger partial charge in [-0.05, 0) is 24.1 Å². The molecule has 0 saturated carbocycles. The molecule has 0 radical (unpaired) electrons. The van der Waals surface area contributed by atoms with E-state index in [1.807, 2.05) is 24.3 Å². The minimum atomic E-state index is 0. The lowest BCUT2D eigenvalue weighted by Gasteiger charge is -2.04. The van der Waals surface area contributed by atoms with Crippen LogP contribution >= 0.6 is 24.0 Å². The molecule has 7 heteroatoms. The lowest BCUT2D eigenvalue weighted by molar-refractivity contribution is 0.825. The van der Waals surface area contributed by atoms with E-state index in [0.717, 1.165) is 24.2 Å². The van der Waals surface area contributed by atoms with Gasteiger partial charge in [-0.2, -0.15) is 5.10 Å². The Kier molecular flexibility index (Phi) is 6.99. The van der Waals surface area contributed by atoms with Gasteiger partial charge in [0.25, 0.3) is 0 Å². The third-order valence-corrected chi connectivity index (χ3v) is 2.61. The van der Waals surface area contributed by atoms with Crippen LogP contribution in [-0.2, 0) is 6.54 Å². The average molecular weight is 386 g/mol. The maximum absolute atomic E-state index is 5.73. The Morgan fingerprint density at radius 1 is 1.35 bits per heavy atom. The molecule has 0 amide bonds. The quantitative estimate of drug-likeness (QED) is 0.466. The SMILES string of the molecule is CCCNC(N)=NCc1ccc(-n2cncn2)cc1.I. The summed E-state index contributed by atoms with van der Waals surface area (Å²) in [5.41, 5.74) is 7.81. The molecule has 2 rings (SSSR count). The summed E-state index contributed by atoms with van der Waals surface area (Å²) in [6.45, 7) is 3.50. The molecule has 0 aliphatic heterocycles. The van der Waals surface area contributed by atoms with Crippen LogP contribution in [0, 0.1) is 0 Å². The van der Waals surface area contributed by atoms with Crippen LogP contribution in [0.5, 0.6) is 0 Å². The van der Waals surface area contributed by atoms with Crippen molar-refractivity contribution in [1.82, 2.24) is 20.1 Å². The van der Waals surface area contributed by atoms with E-state index in [1.54, 1.807) is 11.0 Å². The Hall–Kier alpha value is -1.64. The highest BCUT2D eigenvalue weighted by atomic mass is 127. The molecular formula is C13H19IN6. The van der Waals surface area contributed by atoms with Crippen molar-refractivity contribution in [1.29, 1.82) is 0 Å². The zero-order valence-corrected chi connectivity index (χ0v) is 13.7. The summed E-state index contributed by atoms with van der Waals surface area (Å²) in [5, 5.41) is 7.11. The fraction of sp³-hybridized carbons (Fsp3) is 0.308. The number of aromatic nitrogens is 3. The van der Waals surface area contributed by atoms with Crippen molar-refractivity contribution in [3.8, 4) is 5.69 Å². The summed E-state index contributed by atoms with van der Waals surface area (Å²) in [7, 11) is 0. The first-order chi connectivity index (χ1) is 9.29. The molecule has 0 atom stereocenters. The molecule has 1 heterocycles. The molecule has 0 aliphatic rings. The smallest absolute Gasteiger partial charge is 0.188 e. The first kappa shape index (κ1) is 16.4. The maximum Gasteiger partial charge on any atom is 0.188 e. The van der Waals surface area contributed by atoms with E-state index in [1.165, 1.54) is 6.33 Å². The second-order valence-electron chi connectivity index (χ2n) is 4.13. The Morgan fingerprint density at radius 3 is 2.70 bits per heavy atom. The lowest BCUT2D eigenvalue weighted by Crippen LogP contribution is -2.32. The van der Waals surface area contributed by atoms with Gasteiger partial charge in [0.15, 0.2) is 5.96 Å². The number of nitrogens with one attached hydrogen (secondary N) is 1. The number of hydrogen-bond donors (Lipinski definition) is 2. The van der Waals surface area contributed by atoms with Crippen molar-refractivity contribution in [3.05, 3.63) is 42.5 Å². The van der Waals surface area contributed by atoms with Gasteiger partial charge in [-0.25, -0.2) is 14.7 Å². The fourth-order valence-corrected chi connectivity index (χ4v) is 1.58. The Balaban J connectivity index is 0.00000200. The van der Waals surface area contributed by atoms with Crippen molar-refractivity contribution >= 4 is 29.9 Å². The zero-order valence-electron chi connectivity index (χ0n) is 11.4. The van der Waals surface area contributed by atoms with E-state index in [4.69, 9.17) is 5.73 Å². The molecule has 6 nitrogen and oxygen atoms in total. The van der Waals surface area contributed by atoms with Crippen molar-refractivity contribution < 1.29 is 0 Å². The van der Waals surface area contributed by atoms with Crippen LogP contribution < -0.4 is 11.1 Å². The van der Waals surface area contributed by atoms with Gasteiger partial charge in [0.2, 0.25) is 0 Å². The van der Waals surface area contributed by atoms with Gasteiger partial charge in [0.1, 0.15) is 12.7 Å². The molecule has 1 aromatic heterocycles. The summed E-state index contributed by atoms with van der Waals surface area (Å²) >= 11 is 0. The summed E-state index contributed by atoms with van der Waals surface area (Å²) in [6.07, 6.45) is 4.21. The molecule has 0 fully saturated rings. The fourth-order valence-electron chi connectivity index (χ4n) is 1.58. The molecule has 0 aliphatic carbocycles. The second-order valence-corrected chi connectivity index (χ2v) is 4.13. The second kappa shape index (κ2) is 8.51. The monoisotopic (exact) mass is 386 g/mol. The van der Waals surface area contributed by atoms with E-state index >= 15 is 0 Å². The topological polar surface area (TPSA) is 81.1 Å². The number of guanidine groups is 1. The summed E-state index contributed by atoms with van der Waals surface area (Å²) < 4.78 is 1.71. The van der Waals surface area contributed by atoms with Crippen molar-refractivity contribution in [2.24, 2.45) is 10.7 Å². The molecule has 0 saturated heterocycles. The van der Waals surface area contributed by atoms with Gasteiger partial charge in [-0.3, -0.25) is 0 Å². The molecule has 108 valence electrons. The van der Waals surface area contributed by atoms with Crippen LogP contribution in [0.1, 0.15) is 18.9 Å². The van der Waals surface area contributed by atoms with Crippen LogP contribution in [-0.4, -0.2) is 27.3 Å². The van der Waals surface area contributed by atoms with Gasteiger partial charge in [0, 0.05) is 6.54 Å². The predicted molar refractivity (Wildman–Crippen MR) is 90.4 cm³/mol. The minimum absolute atomic E-state index is 0. The highest BCUT2D eigenvalue weighted by molar-refractivity contribution is 14.0. The van der Waals surface area contributed by atoms with Gasteiger partial charge < -0.3 is 11.1 Å². The highest BCUT2D eigenvalue weighted by Crippen LogP contribution is 2.08. The standard InChI is InChI=1S/C13H18N6.HI/c1-2-7-16-13(14)17-8-11-3-5-12(6-4-11)19-10-15-9-18-19;/h3-6,9-10H,2,7-8H2,1H3,(H3,14,16,17);1H. The van der Waals surface area contributed by atoms with E-state index in [2.05, 4.69) is 27.3 Å². The Labute approximate surface area is 135 Å². The molecule has 0 spiro atoms. The number of nitrogens with zero attached hydrogens (tertiary/aromatic N) is 4. The number of nitrogens with two attached hydrogens (primary N) is 1. The van der Waals surface area contributed by atoms with Crippen LogP contribution in [0.25, 0.3) is 5.69 Å². The first-order valence-electron chi connectivity index (χ1n) is 6.27. The molecule has 20 heavy (non-hydrogen) atoms. The number of benzene rings is 1. The van der Waals surface area contributed by atoms with Crippen LogP contribution in [0.2, 0.25) is 0 Å². The third kappa shape index (κ3) is 4.80. The normalized spacial score (nSPS) is 10.9. The van der Waals surface area contributed by atoms with E-state index in [9.17, 15) is 0 Å². The van der Waals surface area contributed by atoms with Crippen LogP contribution in [0.3, 0.4) is 0 Å². The molecule has 0 unspecified atom stereocenters. The lowest BCUT2D eigenvalue weighted by atomic mass is 10.2. The minimum Gasteiger partial charge on any atom is -0.370 e. The van der Waals surface area contributed by atoms with Crippen LogP contribution in [0.4, 0.5) is 0 Å². The summed E-state index contributed by atoms with van der Waals surface area (Å²) in [6, 6.07) is 7.98. The van der Waals surface area contributed by atoms with Crippen molar-refractivity contribution in [2.75, 3.05) is 6.54 Å². The van der Waals surface area contributed by atoms with E-state index in [-0.39, 0.29) is 24.0 Å². The molecule has 1 aromatic carbocycles. The largest absolute Gasteiger partial charge is 0.370 e. The number of hydrogen-bond acceptors (Lipinski definition) is 3. The number of rotatable bonds is 5. The number of halogens is 1. The van der Waals surface area contributed by atoms with Crippen molar-refractivity contribution in [3.63, 3.8) is 0 Å². The zero-order chi connectivity index (χ0) is 13.5. The summed E-state index contributed by atoms with van der Waals surface area (Å²) in [4.78, 5) is 8.19. The van der Waals surface area contributed by atoms with E-state index < -0.39 is 0 Å². The van der Waals surface area contributed by atoms with Crippen molar-refractivity contribution in [2.45, 2.75) is 19.9 Å². The molecule has 3 N–H and O–H groups in total. The molecule has 2 aromatic rings. The van der Waals surface area contributed by atoms with Gasteiger partial charge >= 0.3 is 0 Å². The van der Waals surface area contributed by atoms with Gasteiger partial charge in [-0.1, -0.05) is 19.1 Å². The van der Waals surface area contributed by atoms with Gasteiger partial charge in [0.05, 0.1) is 12.2 Å². The highest BCUT2D eigenvalue weighted by Gasteiger charge is 1.97. The molecular weight excluding hydrogens is 367 g/mol. The van der Waals surface area contributed by atoms with E-state index in [0.29, 0.717) is 12.5 Å². The Morgan fingerprint density at radius 2 is 2.10 bits per heavy atom. The third-order valence-electron chi connectivity index (χ3n) is 2.61. The van der Waals surface area contributed by atoms with Gasteiger partial charge in [-0.15, -0.1) is 24.0 Å². The average Bonchev–Trinajstić information content (AvgIpc) is 2.97.